The molecule has 0 amide bonds. The minimum Gasteiger partial charge on any atom is -0.379 e. The summed E-state index contributed by atoms with van der Waals surface area (Å²) in [5, 5.41) is 0. The van der Waals surface area contributed by atoms with Gasteiger partial charge in [-0.2, -0.15) is 0 Å². The van der Waals surface area contributed by atoms with Gasteiger partial charge in [0.05, 0.1) is 18.9 Å². The Balaban J connectivity index is 3.51. The molecule has 0 rings (SSSR count). The summed E-state index contributed by atoms with van der Waals surface area (Å²) in [6.07, 6.45) is 1.42. The molecule has 0 aliphatic heterocycles. The highest BCUT2D eigenvalue weighted by atomic mass is 35.8. The van der Waals surface area contributed by atoms with Crippen LogP contribution in [0, 0.1) is 0 Å². The first-order chi connectivity index (χ1) is 8.17. The number of rotatable bonds is 10. The molecule has 0 aromatic rings. The van der Waals surface area contributed by atoms with Crippen molar-refractivity contribution in [2.75, 3.05) is 19.8 Å². The van der Waals surface area contributed by atoms with E-state index in [9.17, 15) is 0 Å². The molecular formula is C8H16Cl6O2Si2. The minimum atomic E-state index is -2.79. The van der Waals surface area contributed by atoms with E-state index in [4.69, 9.17) is 75.9 Å². The second-order valence-corrected chi connectivity index (χ2v) is 21.8. The Hall–Kier alpha value is 2.09. The SMILES string of the molecule is CCC(OCCOCCC[Si](Cl)(Cl)Cl)[Si](Cl)(Cl)Cl. The largest absolute Gasteiger partial charge is 0.379 e. The van der Waals surface area contributed by atoms with E-state index in [-0.39, 0.29) is 5.73 Å². The summed E-state index contributed by atoms with van der Waals surface area (Å²) >= 11 is 34.8. The molecule has 0 fully saturated rings. The molecule has 0 heterocycles. The van der Waals surface area contributed by atoms with Gasteiger partial charge in [0.2, 0.25) is 0 Å². The Labute approximate surface area is 138 Å². The number of ether oxygens (including phenoxy) is 2. The molecule has 0 aliphatic carbocycles. The van der Waals surface area contributed by atoms with Gasteiger partial charge in [0.1, 0.15) is 0 Å². The molecule has 0 aromatic carbocycles. The van der Waals surface area contributed by atoms with Crippen LogP contribution in [-0.4, -0.2) is 37.6 Å². The van der Waals surface area contributed by atoms with Gasteiger partial charge < -0.3 is 9.47 Å². The highest BCUT2D eigenvalue weighted by Gasteiger charge is 2.36. The van der Waals surface area contributed by atoms with Crippen LogP contribution in [-0.2, 0) is 9.47 Å². The molecule has 0 spiro atoms. The average molecular weight is 413 g/mol. The maximum Gasteiger partial charge on any atom is 0.369 e. The van der Waals surface area contributed by atoms with Crippen LogP contribution in [0.1, 0.15) is 19.8 Å². The van der Waals surface area contributed by atoms with Gasteiger partial charge in [-0.3, -0.25) is 0 Å². The topological polar surface area (TPSA) is 18.5 Å². The van der Waals surface area contributed by atoms with Gasteiger partial charge in [0.25, 0.3) is 0 Å². The third kappa shape index (κ3) is 11.9. The highest BCUT2D eigenvalue weighted by molar-refractivity contribution is 7.65. The lowest BCUT2D eigenvalue weighted by Crippen LogP contribution is -2.34. The normalized spacial score (nSPS) is 14.8. The van der Waals surface area contributed by atoms with Crippen molar-refractivity contribution in [3.8, 4) is 0 Å². The van der Waals surface area contributed by atoms with Gasteiger partial charge in [0.15, 0.2) is 0 Å². The predicted molar refractivity (Wildman–Crippen MR) is 86.9 cm³/mol. The Morgan fingerprint density at radius 1 is 0.944 bits per heavy atom. The van der Waals surface area contributed by atoms with Gasteiger partial charge in [-0.05, 0) is 18.9 Å². The molecule has 0 radical (unpaired) electrons. The van der Waals surface area contributed by atoms with E-state index in [2.05, 4.69) is 0 Å². The van der Waals surface area contributed by atoms with Crippen molar-refractivity contribution in [3.05, 3.63) is 0 Å². The molecule has 0 saturated heterocycles. The molecule has 0 bridgehead atoms. The zero-order chi connectivity index (χ0) is 14.2. The van der Waals surface area contributed by atoms with E-state index in [1.54, 1.807) is 0 Å². The maximum atomic E-state index is 5.88. The van der Waals surface area contributed by atoms with E-state index in [0.29, 0.717) is 32.3 Å². The standard InChI is InChI=1S/C8H16Cl6O2Si2/c1-2-8(18(12,13)14)16-6-5-15-4-3-7-17(9,10)11/h8H,2-7H2,1H3. The number of hydrogen-bond acceptors (Lipinski definition) is 2. The van der Waals surface area contributed by atoms with Gasteiger partial charge in [-0.15, -0.1) is 66.5 Å². The first kappa shape index (κ1) is 20.1. The lowest BCUT2D eigenvalue weighted by atomic mass is 10.5. The summed E-state index contributed by atoms with van der Waals surface area (Å²) in [6, 6.07) is -4.72. The molecule has 1 atom stereocenters. The van der Waals surface area contributed by atoms with Crippen LogP contribution in [0.2, 0.25) is 6.04 Å². The van der Waals surface area contributed by atoms with Gasteiger partial charge in [0, 0.05) is 6.61 Å². The quantitative estimate of drug-likeness (QED) is 0.284. The zero-order valence-corrected chi connectivity index (χ0v) is 16.4. The van der Waals surface area contributed by atoms with E-state index >= 15 is 0 Å². The van der Waals surface area contributed by atoms with Crippen LogP contribution < -0.4 is 0 Å². The predicted octanol–water partition coefficient (Wildman–Crippen LogP) is 5.04. The van der Waals surface area contributed by atoms with E-state index in [1.165, 1.54) is 0 Å². The van der Waals surface area contributed by atoms with Crippen molar-refractivity contribution >= 4 is 78.5 Å². The molecule has 1 unspecified atom stereocenters. The van der Waals surface area contributed by atoms with Crippen LogP contribution in [0.5, 0.6) is 0 Å². The molecule has 10 heteroatoms. The van der Waals surface area contributed by atoms with Crippen molar-refractivity contribution in [1.29, 1.82) is 0 Å². The molecule has 2 nitrogen and oxygen atoms in total. The Kier molecular flexibility index (Phi) is 11.1. The summed E-state index contributed by atoms with van der Waals surface area (Å²) in [5.41, 5.74) is -0.292. The van der Waals surface area contributed by atoms with Crippen molar-refractivity contribution in [3.63, 3.8) is 0 Å². The smallest absolute Gasteiger partial charge is 0.369 e. The van der Waals surface area contributed by atoms with Crippen molar-refractivity contribution in [2.45, 2.75) is 31.5 Å². The molecule has 0 aliphatic rings. The Morgan fingerprint density at radius 2 is 1.56 bits per heavy atom. The molecule has 0 N–H and O–H groups in total. The second-order valence-electron chi connectivity index (χ2n) is 3.64. The average Bonchev–Trinajstić information content (AvgIpc) is 2.18. The summed E-state index contributed by atoms with van der Waals surface area (Å²) < 4.78 is 10.8. The van der Waals surface area contributed by atoms with Gasteiger partial charge in [-0.1, -0.05) is 6.92 Å². The van der Waals surface area contributed by atoms with Crippen LogP contribution in [0.15, 0.2) is 0 Å². The maximum absolute atomic E-state index is 5.88. The first-order valence-electron chi connectivity index (χ1n) is 5.49. The Morgan fingerprint density at radius 3 is 2.00 bits per heavy atom. The fourth-order valence-corrected chi connectivity index (χ4v) is 5.64. The van der Waals surface area contributed by atoms with E-state index < -0.39 is 12.0 Å². The summed E-state index contributed by atoms with van der Waals surface area (Å²) in [7, 11) is 0. The lowest BCUT2D eigenvalue weighted by molar-refractivity contribution is 0.0324. The minimum absolute atomic E-state index is 0.292. The molecule has 110 valence electrons. The van der Waals surface area contributed by atoms with Crippen molar-refractivity contribution in [2.24, 2.45) is 0 Å². The van der Waals surface area contributed by atoms with E-state index in [0.717, 1.165) is 6.42 Å². The highest BCUT2D eigenvalue weighted by Crippen LogP contribution is 2.28. The summed E-state index contributed by atoms with van der Waals surface area (Å²) in [4.78, 5) is 0. The first-order valence-corrected chi connectivity index (χ1v) is 15.8. The van der Waals surface area contributed by atoms with Crippen molar-refractivity contribution < 1.29 is 9.47 Å². The number of halogens is 6. The van der Waals surface area contributed by atoms with Crippen LogP contribution in [0.25, 0.3) is 0 Å². The third-order valence-corrected chi connectivity index (χ3v) is 8.15. The lowest BCUT2D eigenvalue weighted by Gasteiger charge is -2.21. The fraction of sp³-hybridized carbons (Fsp3) is 1.00. The molecule has 18 heavy (non-hydrogen) atoms. The summed E-state index contributed by atoms with van der Waals surface area (Å²) in [5.74, 6) is 0. The van der Waals surface area contributed by atoms with Gasteiger partial charge in [-0.25, -0.2) is 0 Å². The molecule has 0 aromatic heterocycles. The third-order valence-electron chi connectivity index (χ3n) is 2.03. The summed E-state index contributed by atoms with van der Waals surface area (Å²) in [6.45, 7) is 3.33. The second kappa shape index (κ2) is 9.93. The Bertz CT molecular complexity index is 221. The molecule has 0 saturated carbocycles. The monoisotopic (exact) mass is 410 g/mol. The zero-order valence-electron chi connectivity index (χ0n) is 9.90. The van der Waals surface area contributed by atoms with Crippen molar-refractivity contribution in [1.82, 2.24) is 0 Å². The molecular weight excluding hydrogens is 397 g/mol. The number of hydrogen-bond donors (Lipinski definition) is 0. The van der Waals surface area contributed by atoms with Crippen LogP contribution in [0.3, 0.4) is 0 Å². The van der Waals surface area contributed by atoms with Gasteiger partial charge >= 0.3 is 12.0 Å². The van der Waals surface area contributed by atoms with E-state index in [1.807, 2.05) is 6.92 Å². The van der Waals surface area contributed by atoms with Crippen LogP contribution in [0.4, 0.5) is 0 Å². The fourth-order valence-electron chi connectivity index (χ4n) is 1.17. The van der Waals surface area contributed by atoms with Crippen LogP contribution >= 0.6 is 66.5 Å².